The van der Waals surface area contributed by atoms with Crippen LogP contribution in [0.3, 0.4) is 0 Å². The van der Waals surface area contributed by atoms with E-state index in [0.29, 0.717) is 12.0 Å². The second-order valence-electron chi connectivity index (χ2n) is 4.40. The Hall–Kier alpha value is -1.20. The van der Waals surface area contributed by atoms with Crippen LogP contribution < -0.4 is 15.8 Å². The Labute approximate surface area is 106 Å². The zero-order valence-electron chi connectivity index (χ0n) is 11.0. The van der Waals surface area contributed by atoms with Crippen LogP contribution in [0.2, 0.25) is 0 Å². The molecule has 0 saturated carbocycles. The maximum Gasteiger partial charge on any atom is 0.165 e. The summed E-state index contributed by atoms with van der Waals surface area (Å²) in [4.78, 5) is 0. The highest BCUT2D eigenvalue weighted by atomic mass is 19.1. The number of nitrogens with two attached hydrogens (primary N) is 1. The van der Waals surface area contributed by atoms with Crippen molar-refractivity contribution in [1.29, 1.82) is 0 Å². The number of hydrogen-bond donors (Lipinski definition) is 2. The molecule has 1 aromatic carbocycles. The molecule has 3 N–H and O–H groups in total. The van der Waals surface area contributed by atoms with E-state index in [1.165, 1.54) is 13.2 Å². The van der Waals surface area contributed by atoms with E-state index in [1.807, 2.05) is 6.92 Å². The second-order valence-corrected chi connectivity index (χ2v) is 4.40. The van der Waals surface area contributed by atoms with Crippen molar-refractivity contribution in [3.8, 4) is 5.75 Å². The molecule has 0 aromatic heterocycles. The van der Waals surface area contributed by atoms with E-state index in [9.17, 15) is 8.78 Å². The third kappa shape index (κ3) is 3.65. The Morgan fingerprint density at radius 2 is 1.94 bits per heavy atom. The Morgan fingerprint density at radius 3 is 2.44 bits per heavy atom. The van der Waals surface area contributed by atoms with Crippen LogP contribution in [0, 0.1) is 11.6 Å². The van der Waals surface area contributed by atoms with Gasteiger partial charge in [-0.25, -0.2) is 8.78 Å². The Morgan fingerprint density at radius 1 is 1.28 bits per heavy atom. The molecule has 3 nitrogen and oxygen atoms in total. The quantitative estimate of drug-likeness (QED) is 0.823. The van der Waals surface area contributed by atoms with Gasteiger partial charge in [-0.1, -0.05) is 0 Å². The second kappa shape index (κ2) is 6.66. The topological polar surface area (TPSA) is 47.3 Å². The molecule has 0 fully saturated rings. The molecule has 5 heteroatoms. The molecular weight excluding hydrogens is 238 g/mol. The first-order valence-corrected chi connectivity index (χ1v) is 5.95. The van der Waals surface area contributed by atoms with Crippen molar-refractivity contribution in [2.45, 2.75) is 31.8 Å². The van der Waals surface area contributed by atoms with Crippen LogP contribution in [-0.4, -0.2) is 20.2 Å². The van der Waals surface area contributed by atoms with E-state index < -0.39 is 11.6 Å². The smallest absolute Gasteiger partial charge is 0.165 e. The van der Waals surface area contributed by atoms with Crippen LogP contribution in [0.25, 0.3) is 0 Å². The highest BCUT2D eigenvalue weighted by Crippen LogP contribution is 2.27. The van der Waals surface area contributed by atoms with Gasteiger partial charge in [-0.3, -0.25) is 0 Å². The fraction of sp³-hybridized carbons (Fsp3) is 0.538. The first-order valence-electron chi connectivity index (χ1n) is 5.95. The molecule has 0 aliphatic rings. The van der Waals surface area contributed by atoms with Crippen molar-refractivity contribution in [3.05, 3.63) is 29.3 Å². The molecule has 0 heterocycles. The van der Waals surface area contributed by atoms with Gasteiger partial charge in [-0.2, -0.15) is 0 Å². The van der Waals surface area contributed by atoms with Gasteiger partial charge in [0.05, 0.1) is 7.11 Å². The number of hydrogen-bond acceptors (Lipinski definition) is 3. The maximum absolute atomic E-state index is 13.9. The van der Waals surface area contributed by atoms with E-state index in [-0.39, 0.29) is 17.8 Å². The summed E-state index contributed by atoms with van der Waals surface area (Å²) in [5.74, 6) is -1.12. The molecule has 102 valence electrons. The zero-order valence-corrected chi connectivity index (χ0v) is 11.0. The van der Waals surface area contributed by atoms with Crippen LogP contribution in [0.5, 0.6) is 5.75 Å². The van der Waals surface area contributed by atoms with Gasteiger partial charge in [0.15, 0.2) is 11.6 Å². The third-order valence-corrected chi connectivity index (χ3v) is 2.91. The third-order valence-electron chi connectivity index (χ3n) is 2.91. The van der Waals surface area contributed by atoms with Gasteiger partial charge in [0.1, 0.15) is 5.82 Å². The molecule has 2 unspecified atom stereocenters. The number of methoxy groups -OCH3 is 1. The van der Waals surface area contributed by atoms with Gasteiger partial charge in [0.2, 0.25) is 0 Å². The molecule has 0 amide bonds. The summed E-state index contributed by atoms with van der Waals surface area (Å²) in [6.07, 6.45) is 1.38. The Balaban J connectivity index is 2.95. The van der Waals surface area contributed by atoms with Crippen LogP contribution >= 0.6 is 0 Å². The number of rotatable bonds is 6. The Bertz CT molecular complexity index is 397. The SMILES string of the molecule is CNC(CCC(C)N)c1cc(F)c(OC)cc1F. The predicted octanol–water partition coefficient (Wildman–Crippen LogP) is 2.36. The van der Waals surface area contributed by atoms with Crippen molar-refractivity contribution < 1.29 is 13.5 Å². The lowest BCUT2D eigenvalue weighted by molar-refractivity contribution is 0.379. The minimum atomic E-state index is -0.560. The highest BCUT2D eigenvalue weighted by molar-refractivity contribution is 5.32. The van der Waals surface area contributed by atoms with E-state index in [0.717, 1.165) is 12.5 Å². The standard InChI is InChI=1S/C13H20F2N2O/c1-8(16)4-5-12(17-2)9-6-11(15)13(18-3)7-10(9)14/h6-8,12,17H,4-5,16H2,1-3H3. The van der Waals surface area contributed by atoms with Crippen molar-refractivity contribution in [2.24, 2.45) is 5.73 Å². The Kier molecular flexibility index (Phi) is 5.50. The van der Waals surface area contributed by atoms with Crippen LogP contribution in [0.1, 0.15) is 31.4 Å². The number of benzene rings is 1. The minimum Gasteiger partial charge on any atom is -0.494 e. The summed E-state index contributed by atoms with van der Waals surface area (Å²) < 4.78 is 32.2. The van der Waals surface area contributed by atoms with Gasteiger partial charge in [-0.05, 0) is 32.9 Å². The minimum absolute atomic E-state index is 0.0343. The summed E-state index contributed by atoms with van der Waals surface area (Å²) in [6, 6.07) is 2.03. The van der Waals surface area contributed by atoms with Crippen molar-refractivity contribution >= 4 is 0 Å². The summed E-state index contributed by atoms with van der Waals surface area (Å²) in [5.41, 5.74) is 5.97. The largest absolute Gasteiger partial charge is 0.494 e. The lowest BCUT2D eigenvalue weighted by Gasteiger charge is -2.19. The average molecular weight is 258 g/mol. The lowest BCUT2D eigenvalue weighted by atomic mass is 9.99. The molecule has 0 radical (unpaired) electrons. The van der Waals surface area contributed by atoms with Crippen molar-refractivity contribution in [2.75, 3.05) is 14.2 Å². The summed E-state index contributed by atoms with van der Waals surface area (Å²) >= 11 is 0. The van der Waals surface area contributed by atoms with Gasteiger partial charge in [-0.15, -0.1) is 0 Å². The fourth-order valence-electron chi connectivity index (χ4n) is 1.85. The number of nitrogens with one attached hydrogen (secondary N) is 1. The van der Waals surface area contributed by atoms with Crippen LogP contribution in [-0.2, 0) is 0 Å². The average Bonchev–Trinajstić information content (AvgIpc) is 2.33. The summed E-state index contributed by atoms with van der Waals surface area (Å²) in [6.45, 7) is 1.89. The molecule has 1 aromatic rings. The monoisotopic (exact) mass is 258 g/mol. The van der Waals surface area contributed by atoms with E-state index in [4.69, 9.17) is 10.5 Å². The molecule has 0 spiro atoms. The molecule has 2 atom stereocenters. The van der Waals surface area contributed by atoms with Crippen molar-refractivity contribution in [3.63, 3.8) is 0 Å². The zero-order chi connectivity index (χ0) is 13.7. The fourth-order valence-corrected chi connectivity index (χ4v) is 1.85. The first-order chi connectivity index (χ1) is 8.49. The van der Waals surface area contributed by atoms with Gasteiger partial charge >= 0.3 is 0 Å². The lowest BCUT2D eigenvalue weighted by Crippen LogP contribution is -2.22. The normalized spacial score (nSPS) is 14.3. The molecule has 18 heavy (non-hydrogen) atoms. The van der Waals surface area contributed by atoms with E-state index in [1.54, 1.807) is 7.05 Å². The van der Waals surface area contributed by atoms with Crippen LogP contribution in [0.15, 0.2) is 12.1 Å². The van der Waals surface area contributed by atoms with Crippen molar-refractivity contribution in [1.82, 2.24) is 5.32 Å². The molecule has 0 aliphatic carbocycles. The molecule has 1 rings (SSSR count). The maximum atomic E-state index is 13.9. The van der Waals surface area contributed by atoms with Gasteiger partial charge in [0.25, 0.3) is 0 Å². The predicted molar refractivity (Wildman–Crippen MR) is 67.6 cm³/mol. The van der Waals surface area contributed by atoms with Gasteiger partial charge < -0.3 is 15.8 Å². The summed E-state index contributed by atoms with van der Waals surface area (Å²) in [5, 5.41) is 2.98. The highest BCUT2D eigenvalue weighted by Gasteiger charge is 2.18. The van der Waals surface area contributed by atoms with E-state index >= 15 is 0 Å². The molecule has 0 bridgehead atoms. The van der Waals surface area contributed by atoms with Gasteiger partial charge in [0, 0.05) is 23.7 Å². The number of ether oxygens (including phenoxy) is 1. The van der Waals surface area contributed by atoms with Crippen LogP contribution in [0.4, 0.5) is 8.78 Å². The molecule has 0 saturated heterocycles. The first kappa shape index (κ1) is 14.9. The number of halogens is 2. The van der Waals surface area contributed by atoms with E-state index in [2.05, 4.69) is 5.32 Å². The molecular formula is C13H20F2N2O. The summed E-state index contributed by atoms with van der Waals surface area (Å²) in [7, 11) is 3.02. The molecule has 0 aliphatic heterocycles.